The van der Waals surface area contributed by atoms with Gasteiger partial charge in [-0.15, -0.1) is 0 Å². The molecule has 0 heterocycles. The molecule has 0 amide bonds. The van der Waals surface area contributed by atoms with E-state index < -0.39 is 8.32 Å². The predicted molar refractivity (Wildman–Crippen MR) is 103 cm³/mol. The van der Waals surface area contributed by atoms with E-state index in [1.165, 1.54) is 35.6 Å². The van der Waals surface area contributed by atoms with Gasteiger partial charge in [0.25, 0.3) is 0 Å². The van der Waals surface area contributed by atoms with Crippen LogP contribution in [0.25, 0.3) is 10.8 Å². The number of hydrogen-bond donors (Lipinski definition) is 0. The van der Waals surface area contributed by atoms with E-state index in [-0.39, 0.29) is 5.04 Å². The van der Waals surface area contributed by atoms with Crippen LogP contribution in [0, 0.1) is 0 Å². The Morgan fingerprint density at radius 3 is 2.39 bits per heavy atom. The first-order chi connectivity index (χ1) is 10.8. The van der Waals surface area contributed by atoms with Crippen molar-refractivity contribution in [1.82, 2.24) is 0 Å². The highest BCUT2D eigenvalue weighted by Gasteiger charge is 2.42. The van der Waals surface area contributed by atoms with E-state index in [1.54, 1.807) is 0 Å². The molecular formula is C21H30OSi. The lowest BCUT2D eigenvalue weighted by Crippen LogP contribution is -2.44. The van der Waals surface area contributed by atoms with Gasteiger partial charge in [-0.2, -0.15) is 0 Å². The van der Waals surface area contributed by atoms with Crippen molar-refractivity contribution in [2.75, 3.05) is 0 Å². The van der Waals surface area contributed by atoms with E-state index in [4.69, 9.17) is 4.43 Å². The second kappa shape index (κ2) is 6.07. The largest absolute Gasteiger partial charge is 0.413 e. The average molecular weight is 327 g/mol. The molecule has 2 aromatic carbocycles. The van der Waals surface area contributed by atoms with E-state index in [1.807, 2.05) is 0 Å². The molecule has 2 atom stereocenters. The molecule has 23 heavy (non-hydrogen) atoms. The molecular weight excluding hydrogens is 296 g/mol. The molecule has 0 bridgehead atoms. The van der Waals surface area contributed by atoms with E-state index >= 15 is 0 Å². The van der Waals surface area contributed by atoms with Gasteiger partial charge in [-0.25, -0.2) is 0 Å². The Morgan fingerprint density at radius 1 is 0.957 bits per heavy atom. The van der Waals surface area contributed by atoms with Crippen LogP contribution in [0.3, 0.4) is 0 Å². The standard InChI is InChI=1S/C21H30OSi/c1-21(2,3)23(4,5)22-20-15-9-14-19(20)18-13-8-11-16-10-6-7-12-17(16)18/h6-8,10-13,19-20H,9,14-15H2,1-5H3/t19-,20+/m0/s1. The van der Waals surface area contributed by atoms with Gasteiger partial charge >= 0.3 is 0 Å². The minimum Gasteiger partial charge on any atom is -0.413 e. The normalized spacial score (nSPS) is 22.7. The van der Waals surface area contributed by atoms with Gasteiger partial charge in [0, 0.05) is 5.92 Å². The molecule has 0 N–H and O–H groups in total. The maximum Gasteiger partial charge on any atom is 0.192 e. The van der Waals surface area contributed by atoms with Crippen molar-refractivity contribution in [2.45, 2.75) is 70.2 Å². The van der Waals surface area contributed by atoms with Crippen LogP contribution in [-0.2, 0) is 4.43 Å². The fourth-order valence-electron chi connectivity index (χ4n) is 3.55. The second-order valence-corrected chi connectivity index (χ2v) is 13.3. The predicted octanol–water partition coefficient (Wildman–Crippen LogP) is 6.50. The average Bonchev–Trinajstić information content (AvgIpc) is 2.92. The van der Waals surface area contributed by atoms with Crippen LogP contribution in [-0.4, -0.2) is 14.4 Å². The summed E-state index contributed by atoms with van der Waals surface area (Å²) in [5, 5.41) is 3.03. The van der Waals surface area contributed by atoms with Gasteiger partial charge in [0.15, 0.2) is 8.32 Å². The lowest BCUT2D eigenvalue weighted by atomic mass is 9.91. The van der Waals surface area contributed by atoms with Gasteiger partial charge in [-0.3, -0.25) is 0 Å². The molecule has 124 valence electrons. The summed E-state index contributed by atoms with van der Waals surface area (Å²) >= 11 is 0. The van der Waals surface area contributed by atoms with Crippen LogP contribution in [0.4, 0.5) is 0 Å². The van der Waals surface area contributed by atoms with Crippen LogP contribution in [0.5, 0.6) is 0 Å². The third kappa shape index (κ3) is 3.25. The molecule has 1 saturated carbocycles. The van der Waals surface area contributed by atoms with Crippen molar-refractivity contribution >= 4 is 19.1 Å². The summed E-state index contributed by atoms with van der Waals surface area (Å²) in [4.78, 5) is 0. The molecule has 1 fully saturated rings. The zero-order valence-electron chi connectivity index (χ0n) is 15.2. The summed E-state index contributed by atoms with van der Waals surface area (Å²) < 4.78 is 6.82. The van der Waals surface area contributed by atoms with Gasteiger partial charge in [0.05, 0.1) is 6.10 Å². The Balaban J connectivity index is 1.92. The maximum atomic E-state index is 6.82. The Labute approximate surface area is 142 Å². The van der Waals surface area contributed by atoms with Crippen molar-refractivity contribution in [3.05, 3.63) is 48.0 Å². The molecule has 0 aliphatic heterocycles. The van der Waals surface area contributed by atoms with Crippen molar-refractivity contribution in [1.29, 1.82) is 0 Å². The van der Waals surface area contributed by atoms with Crippen LogP contribution in [0.2, 0.25) is 18.1 Å². The summed E-state index contributed by atoms with van der Waals surface area (Å²) in [6, 6.07) is 15.5. The van der Waals surface area contributed by atoms with E-state index in [2.05, 4.69) is 76.3 Å². The molecule has 1 nitrogen and oxygen atoms in total. The molecule has 2 aromatic rings. The number of rotatable bonds is 3. The summed E-state index contributed by atoms with van der Waals surface area (Å²) in [7, 11) is -1.71. The van der Waals surface area contributed by atoms with Gasteiger partial charge in [0.1, 0.15) is 0 Å². The van der Waals surface area contributed by atoms with Crippen molar-refractivity contribution in [3.8, 4) is 0 Å². The molecule has 3 rings (SSSR count). The highest BCUT2D eigenvalue weighted by atomic mass is 28.4. The molecule has 1 aliphatic carbocycles. The molecule has 0 aromatic heterocycles. The second-order valence-electron chi connectivity index (χ2n) is 8.52. The first-order valence-corrected chi connectivity index (χ1v) is 11.9. The highest BCUT2D eigenvalue weighted by molar-refractivity contribution is 6.74. The third-order valence-corrected chi connectivity index (χ3v) is 10.4. The zero-order valence-corrected chi connectivity index (χ0v) is 16.2. The Bertz CT molecular complexity index is 678. The zero-order chi connectivity index (χ0) is 16.7. The van der Waals surface area contributed by atoms with Crippen LogP contribution in [0.15, 0.2) is 42.5 Å². The number of benzene rings is 2. The van der Waals surface area contributed by atoms with Gasteiger partial charge in [0.2, 0.25) is 0 Å². The fraction of sp³-hybridized carbons (Fsp3) is 0.524. The molecule has 0 radical (unpaired) electrons. The van der Waals surface area contributed by atoms with Gasteiger partial charge in [-0.05, 0) is 47.3 Å². The van der Waals surface area contributed by atoms with Crippen LogP contribution < -0.4 is 0 Å². The summed E-state index contributed by atoms with van der Waals surface area (Å²) in [6.07, 6.45) is 4.14. The molecule has 2 heteroatoms. The molecule has 0 spiro atoms. The molecule has 1 aliphatic rings. The molecule has 0 unspecified atom stereocenters. The first kappa shape index (κ1) is 16.7. The Morgan fingerprint density at radius 2 is 1.65 bits per heavy atom. The van der Waals surface area contributed by atoms with E-state index in [9.17, 15) is 0 Å². The van der Waals surface area contributed by atoms with E-state index in [0.717, 1.165) is 0 Å². The fourth-order valence-corrected chi connectivity index (χ4v) is 4.94. The van der Waals surface area contributed by atoms with E-state index in [0.29, 0.717) is 12.0 Å². The quantitative estimate of drug-likeness (QED) is 0.585. The molecule has 0 saturated heterocycles. The smallest absolute Gasteiger partial charge is 0.192 e. The van der Waals surface area contributed by atoms with Crippen LogP contribution in [0.1, 0.15) is 51.5 Å². The highest BCUT2D eigenvalue weighted by Crippen LogP contribution is 2.44. The topological polar surface area (TPSA) is 9.23 Å². The van der Waals surface area contributed by atoms with Crippen molar-refractivity contribution in [3.63, 3.8) is 0 Å². The summed E-state index contributed by atoms with van der Waals surface area (Å²) in [6.45, 7) is 11.8. The Hall–Kier alpha value is -1.12. The summed E-state index contributed by atoms with van der Waals surface area (Å²) in [5.74, 6) is 0.551. The first-order valence-electron chi connectivity index (χ1n) is 8.95. The SMILES string of the molecule is CC(C)(C)[Si](C)(C)O[C@@H]1CCC[C@H]1c1cccc2ccccc12. The lowest BCUT2D eigenvalue weighted by molar-refractivity contribution is 0.170. The Kier molecular flexibility index (Phi) is 4.41. The van der Waals surface area contributed by atoms with Gasteiger partial charge < -0.3 is 4.43 Å². The summed E-state index contributed by atoms with van der Waals surface area (Å²) in [5.41, 5.74) is 1.49. The maximum absolute atomic E-state index is 6.82. The van der Waals surface area contributed by atoms with Crippen molar-refractivity contribution < 1.29 is 4.43 Å². The monoisotopic (exact) mass is 326 g/mol. The minimum atomic E-state index is -1.71. The lowest BCUT2D eigenvalue weighted by Gasteiger charge is -2.40. The third-order valence-electron chi connectivity index (χ3n) is 5.93. The number of fused-ring (bicyclic) bond motifs is 1. The number of hydrogen-bond acceptors (Lipinski definition) is 1. The van der Waals surface area contributed by atoms with Crippen molar-refractivity contribution in [2.24, 2.45) is 0 Å². The van der Waals surface area contributed by atoms with Crippen LogP contribution >= 0.6 is 0 Å². The minimum absolute atomic E-state index is 0.277. The van der Waals surface area contributed by atoms with Gasteiger partial charge in [-0.1, -0.05) is 69.7 Å².